The van der Waals surface area contributed by atoms with Crippen molar-refractivity contribution in [1.29, 1.82) is 0 Å². The number of nitrogens with two attached hydrogens (primary N) is 1. The van der Waals surface area contributed by atoms with E-state index in [9.17, 15) is 0 Å². The molecule has 1 aliphatic rings. The monoisotopic (exact) mass is 449 g/mol. The summed E-state index contributed by atoms with van der Waals surface area (Å²) in [6, 6.07) is 3.84. The Morgan fingerprint density at radius 1 is 1.44 bits per heavy atom. The Bertz CT molecular complexity index is 1010. The summed E-state index contributed by atoms with van der Waals surface area (Å²) < 4.78 is 8.09. The van der Waals surface area contributed by atoms with E-state index in [1.165, 1.54) is 11.1 Å². The molecule has 8 heteroatoms. The molecule has 0 saturated carbocycles. The van der Waals surface area contributed by atoms with Crippen molar-refractivity contribution in [2.24, 2.45) is 5.73 Å². The number of fused-ring (bicyclic) bond motifs is 1. The highest BCUT2D eigenvalue weighted by molar-refractivity contribution is 9.10. The lowest BCUT2D eigenvalue weighted by Gasteiger charge is -2.28. The molecule has 2 atom stereocenters. The zero-order valence-electron chi connectivity index (χ0n) is 15.2. The smallest absolute Gasteiger partial charge is 0.243 e. The second-order valence-corrected chi connectivity index (χ2v) is 8.10. The van der Waals surface area contributed by atoms with Crippen LogP contribution < -0.4 is 11.1 Å². The van der Waals surface area contributed by atoms with Gasteiger partial charge in [-0.2, -0.15) is 4.98 Å². The van der Waals surface area contributed by atoms with E-state index >= 15 is 0 Å². The molecular formula is C19H21BrClN5O. The van der Waals surface area contributed by atoms with Gasteiger partial charge in [-0.3, -0.25) is 0 Å². The minimum Gasteiger partial charge on any atom is -0.467 e. The lowest BCUT2D eigenvalue weighted by atomic mass is 9.81. The summed E-state index contributed by atoms with van der Waals surface area (Å²) in [4.78, 5) is 4.41. The summed E-state index contributed by atoms with van der Waals surface area (Å²) in [7, 11) is 0. The average molecular weight is 451 g/mol. The van der Waals surface area contributed by atoms with Crippen LogP contribution in [0.4, 0.5) is 5.82 Å². The molecule has 0 bridgehead atoms. The summed E-state index contributed by atoms with van der Waals surface area (Å²) in [5.74, 6) is 1.72. The molecule has 27 heavy (non-hydrogen) atoms. The fourth-order valence-corrected chi connectivity index (χ4v) is 4.85. The molecule has 3 aromatic heterocycles. The number of hydrogen-bond acceptors (Lipinski definition) is 5. The number of nitrogens with zero attached hydrogens (tertiary/aromatic N) is 3. The van der Waals surface area contributed by atoms with E-state index in [1.807, 2.05) is 16.6 Å². The number of nitrogens with one attached hydrogen (secondary N) is 1. The van der Waals surface area contributed by atoms with Crippen molar-refractivity contribution in [3.8, 4) is 0 Å². The second-order valence-electron chi connectivity index (χ2n) is 7.01. The van der Waals surface area contributed by atoms with Gasteiger partial charge in [0.25, 0.3) is 0 Å². The van der Waals surface area contributed by atoms with Crippen LogP contribution in [0.3, 0.4) is 0 Å². The fourth-order valence-electron chi connectivity index (χ4n) is 3.85. The zero-order chi connectivity index (χ0) is 19.1. The summed E-state index contributed by atoms with van der Waals surface area (Å²) in [5.41, 5.74) is 11.0. The number of aromatic nitrogens is 3. The molecule has 142 valence electrons. The highest BCUT2D eigenvalue weighted by Gasteiger charge is 2.30. The van der Waals surface area contributed by atoms with Gasteiger partial charge in [-0.15, -0.1) is 5.10 Å². The number of allylic oxidation sites excluding steroid dienone is 1. The number of halogens is 2. The van der Waals surface area contributed by atoms with Gasteiger partial charge in [0, 0.05) is 12.0 Å². The Morgan fingerprint density at radius 2 is 2.26 bits per heavy atom. The van der Waals surface area contributed by atoms with E-state index in [2.05, 4.69) is 51.3 Å². The van der Waals surface area contributed by atoms with Gasteiger partial charge in [0.1, 0.15) is 15.9 Å². The SMILES string of the molecule is CC1=CCC(c2c(C)c3c(NCc4ccco4)nc(Cl)nn3c2Br)C(N)C1. The van der Waals surface area contributed by atoms with Crippen LogP contribution in [-0.4, -0.2) is 20.6 Å². The predicted molar refractivity (Wildman–Crippen MR) is 110 cm³/mol. The van der Waals surface area contributed by atoms with Crippen molar-refractivity contribution >= 4 is 38.9 Å². The van der Waals surface area contributed by atoms with Gasteiger partial charge in [-0.1, -0.05) is 11.6 Å². The zero-order valence-corrected chi connectivity index (χ0v) is 17.5. The van der Waals surface area contributed by atoms with Gasteiger partial charge < -0.3 is 15.5 Å². The molecule has 2 unspecified atom stereocenters. The number of rotatable bonds is 4. The van der Waals surface area contributed by atoms with Crippen LogP contribution >= 0.6 is 27.5 Å². The number of anilines is 1. The van der Waals surface area contributed by atoms with E-state index in [0.29, 0.717) is 12.4 Å². The molecular weight excluding hydrogens is 430 g/mol. The maximum atomic E-state index is 6.49. The van der Waals surface area contributed by atoms with Gasteiger partial charge in [0.05, 0.1) is 12.8 Å². The van der Waals surface area contributed by atoms with Crippen molar-refractivity contribution < 1.29 is 4.42 Å². The molecule has 0 radical (unpaired) electrons. The van der Waals surface area contributed by atoms with Crippen molar-refractivity contribution in [2.75, 3.05) is 5.32 Å². The Labute approximate surface area is 170 Å². The maximum Gasteiger partial charge on any atom is 0.243 e. The van der Waals surface area contributed by atoms with E-state index in [4.69, 9.17) is 21.8 Å². The van der Waals surface area contributed by atoms with Crippen LogP contribution in [0, 0.1) is 6.92 Å². The van der Waals surface area contributed by atoms with Crippen LogP contribution in [0.25, 0.3) is 5.52 Å². The van der Waals surface area contributed by atoms with Gasteiger partial charge >= 0.3 is 0 Å². The summed E-state index contributed by atoms with van der Waals surface area (Å²) in [6.45, 7) is 4.73. The molecule has 0 spiro atoms. The Kier molecular flexibility index (Phi) is 5.01. The van der Waals surface area contributed by atoms with Crippen LogP contribution in [0.2, 0.25) is 5.28 Å². The first-order chi connectivity index (χ1) is 13.0. The molecule has 0 aliphatic heterocycles. The molecule has 3 aromatic rings. The van der Waals surface area contributed by atoms with Gasteiger partial charge in [-0.25, -0.2) is 4.52 Å². The average Bonchev–Trinajstić information content (AvgIpc) is 3.22. The Morgan fingerprint density at radius 3 is 2.96 bits per heavy atom. The third-order valence-electron chi connectivity index (χ3n) is 5.17. The van der Waals surface area contributed by atoms with E-state index in [1.54, 1.807) is 6.26 Å². The third-order valence-corrected chi connectivity index (χ3v) is 6.09. The number of furan rings is 1. The van der Waals surface area contributed by atoms with E-state index in [0.717, 1.165) is 34.3 Å². The molecule has 3 heterocycles. The van der Waals surface area contributed by atoms with Crippen LogP contribution in [-0.2, 0) is 6.54 Å². The largest absolute Gasteiger partial charge is 0.467 e. The first-order valence-corrected chi connectivity index (χ1v) is 10.0. The molecule has 0 saturated heterocycles. The van der Waals surface area contributed by atoms with E-state index < -0.39 is 0 Å². The standard InChI is InChI=1S/C19H21BrClN5O/c1-10-5-6-13(14(22)8-10)15-11(2)16-18(23-9-12-4-3-7-27-12)24-19(21)25-26(16)17(15)20/h3-5,7,13-14H,6,8-9,22H2,1-2H3,(H,23,24,25). The summed E-state index contributed by atoms with van der Waals surface area (Å²) in [6.07, 6.45) is 5.74. The summed E-state index contributed by atoms with van der Waals surface area (Å²) in [5, 5.41) is 7.90. The number of aryl methyl sites for hydroxylation is 1. The Balaban J connectivity index is 1.79. The van der Waals surface area contributed by atoms with Crippen molar-refractivity contribution in [3.05, 3.63) is 56.8 Å². The highest BCUT2D eigenvalue weighted by atomic mass is 79.9. The molecule has 4 rings (SSSR count). The van der Waals surface area contributed by atoms with E-state index in [-0.39, 0.29) is 17.2 Å². The van der Waals surface area contributed by atoms with Gasteiger partial charge in [-0.05, 0) is 77.5 Å². The van der Waals surface area contributed by atoms with Crippen molar-refractivity contribution in [2.45, 2.75) is 45.2 Å². The first kappa shape index (κ1) is 18.5. The lowest BCUT2D eigenvalue weighted by molar-refractivity contribution is 0.503. The first-order valence-electron chi connectivity index (χ1n) is 8.87. The van der Waals surface area contributed by atoms with Crippen LogP contribution in [0.15, 0.2) is 39.1 Å². The topological polar surface area (TPSA) is 81.4 Å². The van der Waals surface area contributed by atoms with Crippen molar-refractivity contribution in [3.63, 3.8) is 0 Å². The van der Waals surface area contributed by atoms with Crippen LogP contribution in [0.5, 0.6) is 0 Å². The molecule has 1 aliphatic carbocycles. The van der Waals surface area contributed by atoms with Crippen molar-refractivity contribution in [1.82, 2.24) is 14.6 Å². The normalized spacial score (nSPS) is 20.1. The lowest BCUT2D eigenvalue weighted by Crippen LogP contribution is -2.31. The van der Waals surface area contributed by atoms with Gasteiger partial charge in [0.15, 0.2) is 5.82 Å². The third kappa shape index (κ3) is 3.39. The summed E-state index contributed by atoms with van der Waals surface area (Å²) >= 11 is 9.92. The molecule has 0 aromatic carbocycles. The molecule has 3 N–H and O–H groups in total. The molecule has 0 amide bonds. The minimum absolute atomic E-state index is 0.0744. The number of hydrogen-bond donors (Lipinski definition) is 2. The predicted octanol–water partition coefficient (Wildman–Crippen LogP) is 4.81. The second kappa shape index (κ2) is 7.30. The minimum atomic E-state index is 0.0744. The molecule has 0 fully saturated rings. The van der Waals surface area contributed by atoms with Gasteiger partial charge in [0.2, 0.25) is 5.28 Å². The molecule has 6 nitrogen and oxygen atoms in total. The Hall–Kier alpha value is -1.83. The fraction of sp³-hybridized carbons (Fsp3) is 0.368. The maximum absolute atomic E-state index is 6.49. The quantitative estimate of drug-likeness (QED) is 0.557. The highest BCUT2D eigenvalue weighted by Crippen LogP contribution is 2.41. The van der Waals surface area contributed by atoms with Crippen LogP contribution in [0.1, 0.15) is 42.6 Å².